The van der Waals surface area contributed by atoms with Gasteiger partial charge in [-0.05, 0) is 97.2 Å². The van der Waals surface area contributed by atoms with Crippen molar-refractivity contribution in [2.75, 3.05) is 0 Å². The number of furan rings is 1. The SMILES string of the molecule is c1ccc(-c2ccc3oc4c(-c5cccc(-c6ccc(-c7cccc(-c8cnc9c%10ccccc%10c%10ccccc%10c9n8)c7)cc6)c5)cc(-c5ccccc5)cc4c3c2)cc1. The van der Waals surface area contributed by atoms with Crippen LogP contribution >= 0.6 is 0 Å². The average Bonchev–Trinajstić information content (AvgIpc) is 3.72. The fraction of sp³-hybridized carbons (Fsp3) is 0. The van der Waals surface area contributed by atoms with Gasteiger partial charge in [0, 0.05) is 32.7 Å². The van der Waals surface area contributed by atoms with Gasteiger partial charge in [0.05, 0.1) is 22.9 Å². The zero-order chi connectivity index (χ0) is 40.3. The predicted molar refractivity (Wildman–Crippen MR) is 254 cm³/mol. The maximum absolute atomic E-state index is 6.72. The topological polar surface area (TPSA) is 38.9 Å². The minimum atomic E-state index is 0.856. The molecule has 3 nitrogen and oxygen atoms in total. The summed E-state index contributed by atoms with van der Waals surface area (Å²) in [5.41, 5.74) is 16.9. The van der Waals surface area contributed by atoms with Crippen molar-refractivity contribution in [1.29, 1.82) is 0 Å². The zero-order valence-electron chi connectivity index (χ0n) is 33.1. The molecule has 0 atom stereocenters. The highest BCUT2D eigenvalue weighted by molar-refractivity contribution is 6.23. The van der Waals surface area contributed by atoms with E-state index in [2.05, 4.69) is 212 Å². The molecule has 0 fully saturated rings. The van der Waals surface area contributed by atoms with Crippen LogP contribution in [0, 0.1) is 0 Å². The van der Waals surface area contributed by atoms with Crippen molar-refractivity contribution in [2.45, 2.75) is 0 Å². The summed E-state index contributed by atoms with van der Waals surface area (Å²) in [6.07, 6.45) is 1.91. The van der Waals surface area contributed by atoms with Crippen LogP contribution in [0.25, 0.3) is 121 Å². The maximum atomic E-state index is 6.72. The zero-order valence-corrected chi connectivity index (χ0v) is 33.1. The largest absolute Gasteiger partial charge is 0.455 e. The Morgan fingerprint density at radius 1 is 0.295 bits per heavy atom. The number of hydrogen-bond acceptors (Lipinski definition) is 3. The van der Waals surface area contributed by atoms with Crippen LogP contribution in [0.4, 0.5) is 0 Å². The van der Waals surface area contributed by atoms with Gasteiger partial charge in [-0.1, -0.05) is 176 Å². The molecular weight excluding hydrogens is 741 g/mol. The van der Waals surface area contributed by atoms with E-state index < -0.39 is 0 Å². The van der Waals surface area contributed by atoms with Gasteiger partial charge in [0.15, 0.2) is 0 Å². The van der Waals surface area contributed by atoms with Crippen molar-refractivity contribution < 1.29 is 4.42 Å². The van der Waals surface area contributed by atoms with Crippen molar-refractivity contribution in [3.63, 3.8) is 0 Å². The number of rotatable bonds is 6. The molecule has 0 N–H and O–H groups in total. The molecule has 2 heterocycles. The van der Waals surface area contributed by atoms with Crippen molar-refractivity contribution >= 4 is 54.5 Å². The van der Waals surface area contributed by atoms with Gasteiger partial charge in [-0.2, -0.15) is 0 Å². The molecular formula is C58H36N2O. The van der Waals surface area contributed by atoms with Gasteiger partial charge in [-0.25, -0.2) is 4.98 Å². The molecule has 12 aromatic rings. The van der Waals surface area contributed by atoms with Gasteiger partial charge in [-0.3, -0.25) is 4.98 Å². The molecule has 2 aromatic heterocycles. The molecule has 0 aliphatic heterocycles. The lowest BCUT2D eigenvalue weighted by atomic mass is 9.93. The molecule has 0 saturated heterocycles. The molecule has 284 valence electrons. The fourth-order valence-electron chi connectivity index (χ4n) is 9.04. The minimum Gasteiger partial charge on any atom is -0.455 e. The van der Waals surface area contributed by atoms with Gasteiger partial charge in [0.2, 0.25) is 0 Å². The fourth-order valence-corrected chi connectivity index (χ4v) is 9.04. The first kappa shape index (κ1) is 34.9. The third-order valence-electron chi connectivity index (χ3n) is 12.1. The Morgan fingerprint density at radius 2 is 0.770 bits per heavy atom. The molecule has 10 aromatic carbocycles. The summed E-state index contributed by atoms with van der Waals surface area (Å²) >= 11 is 0. The molecule has 0 unspecified atom stereocenters. The van der Waals surface area contributed by atoms with Crippen LogP contribution in [0.15, 0.2) is 223 Å². The Bertz CT molecular complexity index is 3590. The van der Waals surface area contributed by atoms with Crippen molar-refractivity contribution in [2.24, 2.45) is 0 Å². The predicted octanol–water partition coefficient (Wildman–Crippen LogP) is 15.8. The lowest BCUT2D eigenvalue weighted by Crippen LogP contribution is -1.92. The van der Waals surface area contributed by atoms with E-state index in [1.165, 1.54) is 27.5 Å². The molecule has 0 aliphatic rings. The summed E-state index contributed by atoms with van der Waals surface area (Å²) in [5, 5.41) is 6.85. The smallest absolute Gasteiger partial charge is 0.143 e. The van der Waals surface area contributed by atoms with E-state index in [1.54, 1.807) is 0 Å². The van der Waals surface area contributed by atoms with Crippen LogP contribution in [0.1, 0.15) is 0 Å². The van der Waals surface area contributed by atoms with E-state index in [-0.39, 0.29) is 0 Å². The first-order chi connectivity index (χ1) is 30.2. The number of hydrogen-bond donors (Lipinski definition) is 0. The molecule has 12 rings (SSSR count). The Balaban J connectivity index is 0.905. The van der Waals surface area contributed by atoms with Crippen molar-refractivity contribution in [1.82, 2.24) is 9.97 Å². The normalized spacial score (nSPS) is 11.6. The van der Waals surface area contributed by atoms with E-state index in [4.69, 9.17) is 14.4 Å². The lowest BCUT2D eigenvalue weighted by Gasteiger charge is -2.11. The quantitative estimate of drug-likeness (QED) is 0.158. The van der Waals surface area contributed by atoms with E-state index in [0.717, 1.165) is 93.9 Å². The van der Waals surface area contributed by atoms with Gasteiger partial charge < -0.3 is 4.42 Å². The molecule has 3 heteroatoms. The van der Waals surface area contributed by atoms with E-state index >= 15 is 0 Å². The van der Waals surface area contributed by atoms with Crippen LogP contribution in [-0.4, -0.2) is 9.97 Å². The molecule has 61 heavy (non-hydrogen) atoms. The van der Waals surface area contributed by atoms with Crippen LogP contribution in [0.3, 0.4) is 0 Å². The Hall–Kier alpha value is -8.14. The summed E-state index contributed by atoms with van der Waals surface area (Å²) in [7, 11) is 0. The number of benzene rings is 10. The van der Waals surface area contributed by atoms with E-state index in [1.807, 2.05) is 6.20 Å². The average molecular weight is 777 g/mol. The lowest BCUT2D eigenvalue weighted by molar-refractivity contribution is 0.670. The molecule has 0 saturated carbocycles. The summed E-state index contributed by atoms with van der Waals surface area (Å²) in [6.45, 7) is 0. The molecule has 0 bridgehead atoms. The van der Waals surface area contributed by atoms with E-state index in [0.29, 0.717) is 0 Å². The standard InChI is InChI=1S/C58H36N2O/c1-3-13-37(14-4-1)43-29-30-55-52(33-43)53-35-46(38-15-5-2-6-16-38)34-51(58(53)61-55)44-19-11-17-41(31-44)39-25-27-40(28-26-39)42-18-12-20-45(32-42)54-36-59-56-49-23-9-7-21-47(49)48-22-8-10-24-50(48)57(56)60-54/h1-36H. The highest BCUT2D eigenvalue weighted by atomic mass is 16.3. The van der Waals surface area contributed by atoms with Crippen LogP contribution in [-0.2, 0) is 0 Å². The second-order valence-corrected chi connectivity index (χ2v) is 15.7. The van der Waals surface area contributed by atoms with Crippen molar-refractivity contribution in [3.8, 4) is 66.9 Å². The summed E-state index contributed by atoms with van der Waals surface area (Å²) in [6, 6.07) is 75.5. The van der Waals surface area contributed by atoms with Gasteiger partial charge in [0.1, 0.15) is 11.2 Å². The first-order valence-electron chi connectivity index (χ1n) is 20.7. The Morgan fingerprint density at radius 3 is 1.44 bits per heavy atom. The third-order valence-corrected chi connectivity index (χ3v) is 12.1. The number of aromatic nitrogens is 2. The number of nitrogens with zero attached hydrogens (tertiary/aromatic N) is 2. The Labute approximate surface area is 352 Å². The van der Waals surface area contributed by atoms with Gasteiger partial charge in [-0.15, -0.1) is 0 Å². The minimum absolute atomic E-state index is 0.856. The van der Waals surface area contributed by atoms with Gasteiger partial charge >= 0.3 is 0 Å². The first-order valence-corrected chi connectivity index (χ1v) is 20.7. The summed E-state index contributed by atoms with van der Waals surface area (Å²) in [4.78, 5) is 10.3. The Kier molecular flexibility index (Phi) is 8.17. The van der Waals surface area contributed by atoms with E-state index in [9.17, 15) is 0 Å². The van der Waals surface area contributed by atoms with Crippen LogP contribution in [0.2, 0.25) is 0 Å². The second kappa shape index (κ2) is 14.3. The highest BCUT2D eigenvalue weighted by Gasteiger charge is 2.17. The molecule has 0 radical (unpaired) electrons. The summed E-state index contributed by atoms with van der Waals surface area (Å²) in [5.74, 6) is 0. The van der Waals surface area contributed by atoms with Crippen molar-refractivity contribution in [3.05, 3.63) is 219 Å². The molecule has 0 amide bonds. The number of fused-ring (bicyclic) bond motifs is 9. The molecule has 0 aliphatic carbocycles. The monoisotopic (exact) mass is 776 g/mol. The maximum Gasteiger partial charge on any atom is 0.143 e. The third kappa shape index (κ3) is 6.06. The van der Waals surface area contributed by atoms with Gasteiger partial charge in [0.25, 0.3) is 0 Å². The highest BCUT2D eigenvalue weighted by Crippen LogP contribution is 2.42. The van der Waals surface area contributed by atoms with Crippen LogP contribution < -0.4 is 0 Å². The van der Waals surface area contributed by atoms with Crippen LogP contribution in [0.5, 0.6) is 0 Å². The second-order valence-electron chi connectivity index (χ2n) is 15.7. The molecule has 0 spiro atoms. The summed E-state index contributed by atoms with van der Waals surface area (Å²) < 4.78 is 6.72.